The van der Waals surface area contributed by atoms with Crippen molar-refractivity contribution >= 4 is 17.2 Å². The molecule has 4 rings (SSSR count). The van der Waals surface area contributed by atoms with Gasteiger partial charge in [-0.05, 0) is 49.1 Å². The number of ether oxygens (including phenoxy) is 2. The van der Waals surface area contributed by atoms with Crippen molar-refractivity contribution in [1.29, 1.82) is 0 Å². The molecule has 0 radical (unpaired) electrons. The van der Waals surface area contributed by atoms with Crippen molar-refractivity contribution in [1.82, 2.24) is 10.3 Å². The van der Waals surface area contributed by atoms with Gasteiger partial charge in [-0.25, -0.2) is 4.98 Å². The number of hydrogen-bond acceptors (Lipinski definition) is 7. The van der Waals surface area contributed by atoms with Crippen LogP contribution in [0.4, 0.5) is 0 Å². The molecule has 0 aliphatic carbocycles. The Balaban J connectivity index is 1.41. The highest BCUT2D eigenvalue weighted by molar-refractivity contribution is 7.15. The molecule has 7 nitrogen and oxygen atoms in total. The summed E-state index contributed by atoms with van der Waals surface area (Å²) in [6.45, 7) is 1.15. The van der Waals surface area contributed by atoms with Crippen LogP contribution < -0.4 is 14.8 Å². The number of rotatable bonds is 7. The van der Waals surface area contributed by atoms with E-state index in [-0.39, 0.29) is 12.7 Å². The first-order chi connectivity index (χ1) is 15.0. The van der Waals surface area contributed by atoms with E-state index in [4.69, 9.17) is 9.47 Å². The Bertz CT molecular complexity index is 1040. The number of thiazole rings is 1. The molecule has 0 unspecified atom stereocenters. The van der Waals surface area contributed by atoms with Gasteiger partial charge in [-0.2, -0.15) is 0 Å². The van der Waals surface area contributed by atoms with E-state index in [1.807, 2.05) is 36.4 Å². The molecule has 0 saturated heterocycles. The Kier molecular flexibility index (Phi) is 6.50. The van der Waals surface area contributed by atoms with Crippen LogP contribution in [-0.4, -0.2) is 39.9 Å². The van der Waals surface area contributed by atoms with Crippen LogP contribution >= 0.6 is 11.3 Å². The molecule has 0 spiro atoms. The standard InChI is InChI=1S/C23H24N2O5S/c1-14(27)18(13-26)25-22(28)21-12-24-23(31-21)29-17-8-10-20-16(11-17)7-9-19(30-20)15-5-3-2-4-6-15/h2-6,8,10-12,14,18-19,26-27H,7,9,13H2,1H3,(H,25,28)/t14-,18-,19-/m0/s1. The van der Waals surface area contributed by atoms with Gasteiger partial charge in [0.2, 0.25) is 0 Å². The lowest BCUT2D eigenvalue weighted by Crippen LogP contribution is -2.44. The van der Waals surface area contributed by atoms with E-state index < -0.39 is 18.1 Å². The third-order valence-electron chi connectivity index (χ3n) is 5.16. The second-order valence-corrected chi connectivity index (χ2v) is 8.41. The predicted molar refractivity (Wildman–Crippen MR) is 117 cm³/mol. The second kappa shape index (κ2) is 9.47. The number of aliphatic hydroxyl groups excluding tert-OH is 2. The fourth-order valence-corrected chi connectivity index (χ4v) is 4.09. The molecule has 3 N–H and O–H groups in total. The highest BCUT2D eigenvalue weighted by Gasteiger charge is 2.22. The summed E-state index contributed by atoms with van der Waals surface area (Å²) in [5.74, 6) is 1.05. The van der Waals surface area contributed by atoms with E-state index >= 15 is 0 Å². The molecule has 8 heteroatoms. The Morgan fingerprint density at radius 2 is 2.13 bits per heavy atom. The first-order valence-electron chi connectivity index (χ1n) is 10.1. The zero-order valence-corrected chi connectivity index (χ0v) is 17.8. The van der Waals surface area contributed by atoms with Crippen LogP contribution in [0.15, 0.2) is 54.7 Å². The topological polar surface area (TPSA) is 101 Å². The number of hydrogen-bond donors (Lipinski definition) is 3. The molecule has 3 atom stereocenters. The van der Waals surface area contributed by atoms with Crippen LogP contribution in [0.25, 0.3) is 0 Å². The summed E-state index contributed by atoms with van der Waals surface area (Å²) in [5.41, 5.74) is 2.24. The molecule has 1 amide bonds. The number of aromatic nitrogens is 1. The summed E-state index contributed by atoms with van der Waals surface area (Å²) in [4.78, 5) is 16.8. The number of carbonyl (C=O) groups excluding carboxylic acids is 1. The molecular weight excluding hydrogens is 416 g/mol. The van der Waals surface area contributed by atoms with Gasteiger partial charge < -0.3 is 25.0 Å². The van der Waals surface area contributed by atoms with Gasteiger partial charge in [0.25, 0.3) is 11.1 Å². The second-order valence-electron chi connectivity index (χ2n) is 7.42. The van der Waals surface area contributed by atoms with Gasteiger partial charge in [-0.1, -0.05) is 41.7 Å². The highest BCUT2D eigenvalue weighted by Crippen LogP contribution is 2.38. The van der Waals surface area contributed by atoms with Gasteiger partial charge in [-0.3, -0.25) is 4.79 Å². The molecule has 162 valence electrons. The smallest absolute Gasteiger partial charge is 0.279 e. The minimum atomic E-state index is -0.864. The van der Waals surface area contributed by atoms with Gasteiger partial charge in [0.05, 0.1) is 24.9 Å². The summed E-state index contributed by atoms with van der Waals surface area (Å²) >= 11 is 1.10. The maximum absolute atomic E-state index is 12.3. The lowest BCUT2D eigenvalue weighted by molar-refractivity contribution is 0.0761. The van der Waals surface area contributed by atoms with E-state index in [2.05, 4.69) is 22.4 Å². The maximum atomic E-state index is 12.3. The third-order valence-corrected chi connectivity index (χ3v) is 6.03. The van der Waals surface area contributed by atoms with Gasteiger partial charge in [0, 0.05) is 0 Å². The lowest BCUT2D eigenvalue weighted by atomic mass is 9.97. The summed E-state index contributed by atoms with van der Waals surface area (Å²) in [6, 6.07) is 15.1. The zero-order chi connectivity index (χ0) is 21.8. The normalized spacial score (nSPS) is 17.2. The van der Waals surface area contributed by atoms with Gasteiger partial charge in [0.1, 0.15) is 22.5 Å². The van der Waals surface area contributed by atoms with Crippen LogP contribution in [-0.2, 0) is 6.42 Å². The van der Waals surface area contributed by atoms with Crippen molar-refractivity contribution in [3.63, 3.8) is 0 Å². The molecule has 1 aliphatic heterocycles. The maximum Gasteiger partial charge on any atom is 0.279 e. The molecule has 31 heavy (non-hydrogen) atoms. The first kappa shape index (κ1) is 21.3. The molecule has 1 aliphatic rings. The molecule has 3 aromatic rings. The molecule has 1 aromatic heterocycles. The Morgan fingerprint density at radius 1 is 1.32 bits per heavy atom. The SMILES string of the molecule is C[C@H](O)[C@H](CO)NC(=O)c1cnc(Oc2ccc3c(c2)CC[C@@H](c2ccccc2)O3)s1. The quantitative estimate of drug-likeness (QED) is 0.520. The van der Waals surface area contributed by atoms with Crippen LogP contribution in [0.5, 0.6) is 16.7 Å². The first-order valence-corrected chi connectivity index (χ1v) is 10.9. The van der Waals surface area contributed by atoms with E-state index in [1.54, 1.807) is 0 Å². The van der Waals surface area contributed by atoms with Crippen molar-refractivity contribution < 1.29 is 24.5 Å². The Labute approximate surface area is 184 Å². The van der Waals surface area contributed by atoms with Crippen LogP contribution in [0.3, 0.4) is 0 Å². The van der Waals surface area contributed by atoms with Crippen molar-refractivity contribution in [2.24, 2.45) is 0 Å². The number of amides is 1. The molecule has 0 fully saturated rings. The van der Waals surface area contributed by atoms with Crippen molar-refractivity contribution in [3.8, 4) is 16.7 Å². The van der Waals surface area contributed by atoms with Crippen molar-refractivity contribution in [2.45, 2.75) is 38.0 Å². The van der Waals surface area contributed by atoms with E-state index in [1.165, 1.54) is 18.7 Å². The molecule has 0 saturated carbocycles. The summed E-state index contributed by atoms with van der Waals surface area (Å²) in [7, 11) is 0. The lowest BCUT2D eigenvalue weighted by Gasteiger charge is -2.26. The molecule has 2 heterocycles. The highest BCUT2D eigenvalue weighted by atomic mass is 32.1. The number of benzene rings is 2. The molecular formula is C23H24N2O5S. The summed E-state index contributed by atoms with van der Waals surface area (Å²) in [5, 5.41) is 21.7. The number of carbonyl (C=O) groups is 1. The van der Waals surface area contributed by atoms with Crippen LogP contribution in [0.1, 0.15) is 40.2 Å². The molecule has 0 bridgehead atoms. The summed E-state index contributed by atoms with van der Waals surface area (Å²) < 4.78 is 12.0. The predicted octanol–water partition coefficient (Wildman–Crippen LogP) is 3.47. The number of nitrogens with zero attached hydrogens (tertiary/aromatic N) is 1. The van der Waals surface area contributed by atoms with Crippen molar-refractivity contribution in [3.05, 3.63) is 70.7 Å². The number of fused-ring (bicyclic) bond motifs is 1. The van der Waals surface area contributed by atoms with E-state index in [9.17, 15) is 15.0 Å². The van der Waals surface area contributed by atoms with Gasteiger partial charge >= 0.3 is 0 Å². The monoisotopic (exact) mass is 440 g/mol. The van der Waals surface area contributed by atoms with E-state index in [0.717, 1.165) is 35.5 Å². The molecule has 2 aromatic carbocycles. The average molecular weight is 441 g/mol. The zero-order valence-electron chi connectivity index (χ0n) is 17.0. The van der Waals surface area contributed by atoms with Gasteiger partial charge in [0.15, 0.2) is 0 Å². The minimum absolute atomic E-state index is 0.0462. The largest absolute Gasteiger partial charge is 0.485 e. The summed E-state index contributed by atoms with van der Waals surface area (Å²) in [6.07, 6.45) is 2.36. The minimum Gasteiger partial charge on any atom is -0.485 e. The number of aryl methyl sites for hydroxylation is 1. The average Bonchev–Trinajstić information content (AvgIpc) is 3.26. The van der Waals surface area contributed by atoms with Crippen LogP contribution in [0.2, 0.25) is 0 Å². The van der Waals surface area contributed by atoms with Gasteiger partial charge in [-0.15, -0.1) is 0 Å². The third kappa shape index (κ3) is 5.04. The van der Waals surface area contributed by atoms with Crippen LogP contribution in [0, 0.1) is 0 Å². The van der Waals surface area contributed by atoms with Crippen molar-refractivity contribution in [2.75, 3.05) is 6.61 Å². The number of aliphatic hydroxyl groups is 2. The number of nitrogens with one attached hydrogen (secondary N) is 1. The Morgan fingerprint density at radius 3 is 2.87 bits per heavy atom. The fraction of sp³-hybridized carbons (Fsp3) is 0.304. The van der Waals surface area contributed by atoms with E-state index in [0.29, 0.717) is 15.8 Å². The fourth-order valence-electron chi connectivity index (χ4n) is 3.40. The Hall–Kier alpha value is -2.94.